The van der Waals surface area contributed by atoms with E-state index in [9.17, 15) is 0 Å². The zero-order chi connectivity index (χ0) is 11.0. The molecule has 92 valence electrons. The molecule has 3 heteroatoms. The molecule has 0 bridgehead atoms. The molecule has 0 aromatic heterocycles. The molecule has 0 saturated heterocycles. The predicted molar refractivity (Wildman–Crippen MR) is 62.1 cm³/mol. The Balaban J connectivity index is 0.00000128. The van der Waals surface area contributed by atoms with E-state index in [0.717, 1.165) is 0 Å². The smallest absolute Gasteiger partial charge is 1.00 e. The van der Waals surface area contributed by atoms with Crippen LogP contribution in [0.25, 0.3) is 0 Å². The van der Waals surface area contributed by atoms with Crippen LogP contribution >= 0.6 is 0 Å². The van der Waals surface area contributed by atoms with E-state index in [0.29, 0.717) is 0 Å². The van der Waals surface area contributed by atoms with Crippen LogP contribution in [0.1, 0.15) is 40.5 Å². The summed E-state index contributed by atoms with van der Waals surface area (Å²) in [4.78, 5) is 0. The molecule has 0 heterocycles. The van der Waals surface area contributed by atoms with Crippen molar-refractivity contribution in [2.24, 2.45) is 0 Å². The Morgan fingerprint density at radius 2 is 1.12 bits per heavy atom. The molecule has 17 heavy (non-hydrogen) atoms. The molecule has 0 spiro atoms. The maximum atomic E-state index is 2.39. The first-order chi connectivity index (χ1) is 7.09. The van der Waals surface area contributed by atoms with Crippen LogP contribution in [0, 0.1) is 0 Å². The molecule has 0 unspecified atom stereocenters. The minimum Gasteiger partial charge on any atom is -1.00 e. The Morgan fingerprint density at radius 1 is 0.765 bits per heavy atom. The van der Waals surface area contributed by atoms with Crippen molar-refractivity contribution in [2.45, 2.75) is 40.5 Å². The molecule has 2 aliphatic carbocycles. The molecule has 0 amide bonds. The van der Waals surface area contributed by atoms with Crippen LogP contribution in [0.4, 0.5) is 0 Å². The molecule has 2 aliphatic rings. The van der Waals surface area contributed by atoms with Crippen molar-refractivity contribution < 1.29 is 44.0 Å². The summed E-state index contributed by atoms with van der Waals surface area (Å²) in [6, 6.07) is 0. The number of allylic oxidation sites excluding steroid dienone is 8. The Hall–Kier alpha value is 0.254. The summed E-state index contributed by atoms with van der Waals surface area (Å²) in [5, 5.41) is 0. The molecule has 0 fully saturated rings. The van der Waals surface area contributed by atoms with E-state index in [-0.39, 0.29) is 44.0 Å². The van der Waals surface area contributed by atoms with E-state index in [4.69, 9.17) is 0 Å². The van der Waals surface area contributed by atoms with Crippen molar-refractivity contribution >= 4 is 0 Å². The Bertz CT molecular complexity index is 386. The summed E-state index contributed by atoms with van der Waals surface area (Å²) in [7, 11) is 0. The third-order valence-corrected chi connectivity index (χ3v) is 6.67. The summed E-state index contributed by atoms with van der Waals surface area (Å²) in [5.41, 5.74) is 6.33. The van der Waals surface area contributed by atoms with Crippen molar-refractivity contribution in [3.8, 4) is 0 Å². The fraction of sp³-hybridized carbons (Fsp3) is 0.429. The molecule has 0 N–H and O–H groups in total. The van der Waals surface area contributed by atoms with Gasteiger partial charge in [-0.1, -0.05) is 0 Å². The average molecular weight is 305 g/mol. The normalized spacial score (nSPS) is 18.4. The predicted octanol–water partition coefficient (Wildman–Crippen LogP) is -1.68. The largest absolute Gasteiger partial charge is 1.00 e. The maximum absolute atomic E-state index is 2.39. The van der Waals surface area contributed by atoms with Crippen LogP contribution in [0.2, 0.25) is 0 Å². The first-order valence-corrected chi connectivity index (χ1v) is 7.16. The molecular weight excluding hydrogens is 287 g/mol. The molecule has 0 atom stereocenters. The Morgan fingerprint density at radius 3 is 1.35 bits per heavy atom. The number of hydrogen-bond donors (Lipinski definition) is 0. The standard InChI is InChI=1S/2C7H9.2ClH.Ti/c2*1-6-3-4-7(2)5-6;;;/h2*3H,4H2,1-2H3;2*1H;/q;;;;+2/p-2. The molecule has 0 nitrogen and oxygen atoms in total. The van der Waals surface area contributed by atoms with Crippen molar-refractivity contribution in [3.63, 3.8) is 0 Å². The van der Waals surface area contributed by atoms with Gasteiger partial charge in [0.1, 0.15) is 0 Å². The van der Waals surface area contributed by atoms with Gasteiger partial charge in [-0.2, -0.15) is 0 Å². The van der Waals surface area contributed by atoms with Gasteiger partial charge in [0, 0.05) is 0 Å². The molecule has 0 saturated carbocycles. The first-order valence-electron chi connectivity index (χ1n) is 5.60. The molecule has 2 rings (SSSR count). The van der Waals surface area contributed by atoms with E-state index in [2.05, 4.69) is 39.8 Å². The molecular formula is C14H18Cl2Ti. The molecule has 0 aliphatic heterocycles. The minimum absolute atomic E-state index is 0. The van der Waals surface area contributed by atoms with Gasteiger partial charge in [0.15, 0.2) is 0 Å². The summed E-state index contributed by atoms with van der Waals surface area (Å²) >= 11 is -0.0671. The van der Waals surface area contributed by atoms with Gasteiger partial charge in [0.2, 0.25) is 0 Å². The van der Waals surface area contributed by atoms with Gasteiger partial charge < -0.3 is 24.8 Å². The number of hydrogen-bond acceptors (Lipinski definition) is 0. The van der Waals surface area contributed by atoms with E-state index in [1.165, 1.54) is 12.8 Å². The fourth-order valence-electron chi connectivity index (χ4n) is 2.23. The third-order valence-electron chi connectivity index (χ3n) is 3.32. The minimum atomic E-state index is -0.0671. The van der Waals surface area contributed by atoms with E-state index in [1.54, 1.807) is 30.0 Å². The topological polar surface area (TPSA) is 0 Å². The van der Waals surface area contributed by atoms with E-state index < -0.39 is 0 Å². The van der Waals surface area contributed by atoms with Crippen LogP contribution in [0.15, 0.2) is 42.2 Å². The zero-order valence-electron chi connectivity index (χ0n) is 10.8. The van der Waals surface area contributed by atoms with Crippen molar-refractivity contribution in [3.05, 3.63) is 42.2 Å². The second-order valence-corrected chi connectivity index (χ2v) is 6.57. The number of halogens is 2. The Kier molecular flexibility index (Phi) is 7.10. The quantitative estimate of drug-likeness (QED) is 0.535. The summed E-state index contributed by atoms with van der Waals surface area (Å²) in [5.74, 6) is 0. The second kappa shape index (κ2) is 6.99. The van der Waals surface area contributed by atoms with Crippen LogP contribution in [0.3, 0.4) is 0 Å². The van der Waals surface area contributed by atoms with E-state index >= 15 is 0 Å². The number of rotatable bonds is 2. The molecule has 0 radical (unpaired) electrons. The fourth-order valence-corrected chi connectivity index (χ4v) is 4.54. The molecule has 0 aromatic rings. The van der Waals surface area contributed by atoms with Gasteiger partial charge in [-0.05, 0) is 0 Å². The van der Waals surface area contributed by atoms with Gasteiger partial charge >= 0.3 is 102 Å². The van der Waals surface area contributed by atoms with Gasteiger partial charge in [-0.3, -0.25) is 0 Å². The van der Waals surface area contributed by atoms with Crippen LogP contribution in [-0.4, -0.2) is 0 Å². The van der Waals surface area contributed by atoms with Gasteiger partial charge in [0.05, 0.1) is 0 Å². The Labute approximate surface area is 126 Å². The SMILES string of the molecule is CC1=CCC(C)=[C]1[Ti+2][C]1=C(C)CC=C1C.[Cl-].[Cl-]. The molecule has 0 aromatic carbocycles. The summed E-state index contributed by atoms with van der Waals surface area (Å²) < 4.78 is 3.41. The van der Waals surface area contributed by atoms with Gasteiger partial charge in [-0.15, -0.1) is 0 Å². The maximum Gasteiger partial charge on any atom is -1.00 e. The monoisotopic (exact) mass is 304 g/mol. The van der Waals surface area contributed by atoms with Gasteiger partial charge in [-0.25, -0.2) is 0 Å². The first kappa shape index (κ1) is 17.3. The second-order valence-electron chi connectivity index (χ2n) is 4.62. The van der Waals surface area contributed by atoms with Crippen LogP contribution < -0.4 is 24.8 Å². The zero-order valence-corrected chi connectivity index (χ0v) is 13.9. The van der Waals surface area contributed by atoms with Gasteiger partial charge in [0.25, 0.3) is 0 Å². The third kappa shape index (κ3) is 3.61. The van der Waals surface area contributed by atoms with Crippen LogP contribution in [-0.2, 0) is 19.2 Å². The van der Waals surface area contributed by atoms with E-state index in [1.807, 2.05) is 0 Å². The summed E-state index contributed by atoms with van der Waals surface area (Å²) in [6.45, 7) is 9.16. The van der Waals surface area contributed by atoms with Crippen molar-refractivity contribution in [1.82, 2.24) is 0 Å². The summed E-state index contributed by atoms with van der Waals surface area (Å²) in [6.07, 6.45) is 7.16. The van der Waals surface area contributed by atoms with Crippen LogP contribution in [0.5, 0.6) is 0 Å². The van der Waals surface area contributed by atoms with Crippen molar-refractivity contribution in [1.29, 1.82) is 0 Å². The van der Waals surface area contributed by atoms with Crippen molar-refractivity contribution in [2.75, 3.05) is 0 Å². The average Bonchev–Trinajstić information content (AvgIpc) is 2.67.